The third kappa shape index (κ3) is 4.70. The van der Waals surface area contributed by atoms with Crippen LogP contribution in [0.4, 0.5) is 5.69 Å². The van der Waals surface area contributed by atoms with Gasteiger partial charge in [-0.05, 0) is 36.6 Å². The molecule has 6 heteroatoms. The first-order chi connectivity index (χ1) is 13.6. The summed E-state index contributed by atoms with van der Waals surface area (Å²) in [5, 5.41) is 3.06. The molecule has 1 aliphatic rings. The van der Waals surface area contributed by atoms with Gasteiger partial charge >= 0.3 is 0 Å². The van der Waals surface area contributed by atoms with Gasteiger partial charge < -0.3 is 15.0 Å². The zero-order valence-corrected chi connectivity index (χ0v) is 16.4. The first-order valence-electron chi connectivity index (χ1n) is 9.56. The predicted octanol–water partition coefficient (Wildman–Crippen LogP) is 2.85. The first-order valence-corrected chi connectivity index (χ1v) is 9.56. The number of benzene rings is 2. The molecule has 1 heterocycles. The number of aryl methyl sites for hydroxylation is 1. The van der Waals surface area contributed by atoms with Gasteiger partial charge in [0.2, 0.25) is 12.3 Å². The molecule has 3 rings (SSSR count). The van der Waals surface area contributed by atoms with Gasteiger partial charge in [0.1, 0.15) is 11.8 Å². The Balaban J connectivity index is 1.88. The van der Waals surface area contributed by atoms with Gasteiger partial charge in [-0.15, -0.1) is 0 Å². The summed E-state index contributed by atoms with van der Waals surface area (Å²) in [5.74, 6) is 0.531. The summed E-state index contributed by atoms with van der Waals surface area (Å²) in [6.45, 7) is 4.72. The van der Waals surface area contributed by atoms with Crippen molar-refractivity contribution in [1.29, 1.82) is 0 Å². The van der Waals surface area contributed by atoms with Gasteiger partial charge in [-0.25, -0.2) is 0 Å². The molecule has 6 nitrogen and oxygen atoms in total. The Hall–Kier alpha value is -2.86. The van der Waals surface area contributed by atoms with Crippen molar-refractivity contribution in [1.82, 2.24) is 9.80 Å². The molecule has 0 spiro atoms. The van der Waals surface area contributed by atoms with Crippen LogP contribution < -0.4 is 10.1 Å². The van der Waals surface area contributed by atoms with Gasteiger partial charge in [0, 0.05) is 26.2 Å². The smallest absolute Gasteiger partial charge is 0.246 e. The van der Waals surface area contributed by atoms with E-state index in [0.29, 0.717) is 24.5 Å². The summed E-state index contributed by atoms with van der Waals surface area (Å²) in [4.78, 5) is 28.4. The lowest BCUT2D eigenvalue weighted by Crippen LogP contribution is -2.39. The van der Waals surface area contributed by atoms with Crippen molar-refractivity contribution in [2.45, 2.75) is 19.4 Å². The number of carbonyl (C=O) groups is 2. The summed E-state index contributed by atoms with van der Waals surface area (Å²) in [6.07, 6.45) is 1.72. The molecule has 28 heavy (non-hydrogen) atoms. The maximum Gasteiger partial charge on any atom is 0.246 e. The van der Waals surface area contributed by atoms with Crippen LogP contribution in [0.5, 0.6) is 5.75 Å². The molecule has 0 aliphatic carbocycles. The summed E-state index contributed by atoms with van der Waals surface area (Å²) < 4.78 is 5.41. The second-order valence-corrected chi connectivity index (χ2v) is 7.04. The fourth-order valence-corrected chi connectivity index (χ4v) is 3.60. The van der Waals surface area contributed by atoms with Crippen LogP contribution >= 0.6 is 0 Å². The minimum absolute atomic E-state index is 0.102. The van der Waals surface area contributed by atoms with E-state index in [1.807, 2.05) is 55.5 Å². The predicted molar refractivity (Wildman–Crippen MR) is 109 cm³/mol. The molecular weight excluding hydrogens is 354 g/mol. The SMILES string of the molecule is COc1ccc(C)cc1NC(=O)C(c1ccccc1)N1CCCN(C=O)CC1. The molecule has 0 bridgehead atoms. The van der Waals surface area contributed by atoms with E-state index >= 15 is 0 Å². The summed E-state index contributed by atoms with van der Waals surface area (Å²) in [7, 11) is 1.60. The van der Waals surface area contributed by atoms with E-state index in [9.17, 15) is 9.59 Å². The van der Waals surface area contributed by atoms with E-state index in [1.165, 1.54) is 0 Å². The van der Waals surface area contributed by atoms with Crippen molar-refractivity contribution in [3.8, 4) is 5.75 Å². The summed E-state index contributed by atoms with van der Waals surface area (Å²) in [6, 6.07) is 15.1. The molecule has 1 N–H and O–H groups in total. The van der Waals surface area contributed by atoms with E-state index in [2.05, 4.69) is 10.2 Å². The van der Waals surface area contributed by atoms with Crippen LogP contribution in [-0.2, 0) is 9.59 Å². The van der Waals surface area contributed by atoms with Crippen LogP contribution in [0.2, 0.25) is 0 Å². The highest BCUT2D eigenvalue weighted by molar-refractivity contribution is 5.96. The van der Waals surface area contributed by atoms with E-state index in [4.69, 9.17) is 4.74 Å². The van der Waals surface area contributed by atoms with Crippen molar-refractivity contribution in [3.05, 3.63) is 59.7 Å². The van der Waals surface area contributed by atoms with Gasteiger partial charge in [-0.2, -0.15) is 0 Å². The lowest BCUT2D eigenvalue weighted by Gasteiger charge is -2.30. The van der Waals surface area contributed by atoms with Crippen LogP contribution in [0.1, 0.15) is 23.6 Å². The van der Waals surface area contributed by atoms with Crippen LogP contribution in [-0.4, -0.2) is 55.4 Å². The lowest BCUT2D eigenvalue weighted by molar-refractivity contribution is -0.121. The fourth-order valence-electron chi connectivity index (χ4n) is 3.60. The van der Waals surface area contributed by atoms with Gasteiger partial charge in [0.25, 0.3) is 0 Å². The molecule has 1 saturated heterocycles. The van der Waals surface area contributed by atoms with Gasteiger partial charge in [-0.1, -0.05) is 36.4 Å². The molecule has 2 aromatic carbocycles. The molecule has 1 aliphatic heterocycles. The zero-order chi connectivity index (χ0) is 19.9. The number of hydrogen-bond acceptors (Lipinski definition) is 4. The highest BCUT2D eigenvalue weighted by atomic mass is 16.5. The van der Waals surface area contributed by atoms with Gasteiger partial charge in [0.15, 0.2) is 0 Å². The van der Waals surface area contributed by atoms with Crippen molar-refractivity contribution in [3.63, 3.8) is 0 Å². The number of hydrogen-bond donors (Lipinski definition) is 1. The Morgan fingerprint density at radius 3 is 2.61 bits per heavy atom. The standard InChI is InChI=1S/C22H27N3O3/c1-17-9-10-20(28-2)19(15-17)23-22(27)21(18-7-4-3-5-8-18)25-12-6-11-24(16-26)13-14-25/h3-5,7-10,15-16,21H,6,11-14H2,1-2H3,(H,23,27). The fraction of sp³-hybridized carbons (Fsp3) is 0.364. The molecule has 1 fully saturated rings. The molecule has 148 valence electrons. The summed E-state index contributed by atoms with van der Waals surface area (Å²) >= 11 is 0. The number of methoxy groups -OCH3 is 1. The van der Waals surface area contributed by atoms with Gasteiger partial charge in [-0.3, -0.25) is 14.5 Å². The molecule has 2 aromatic rings. The number of ether oxygens (including phenoxy) is 1. The van der Waals surface area contributed by atoms with Crippen molar-refractivity contribution >= 4 is 18.0 Å². The van der Waals surface area contributed by atoms with E-state index < -0.39 is 6.04 Å². The third-order valence-corrected chi connectivity index (χ3v) is 5.06. The highest BCUT2D eigenvalue weighted by Gasteiger charge is 2.29. The third-order valence-electron chi connectivity index (χ3n) is 5.06. The minimum Gasteiger partial charge on any atom is -0.495 e. The largest absolute Gasteiger partial charge is 0.495 e. The lowest BCUT2D eigenvalue weighted by atomic mass is 10.0. The van der Waals surface area contributed by atoms with Crippen LogP contribution in [0.25, 0.3) is 0 Å². The monoisotopic (exact) mass is 381 g/mol. The second-order valence-electron chi connectivity index (χ2n) is 7.04. The normalized spacial score (nSPS) is 16.1. The molecule has 1 unspecified atom stereocenters. The number of anilines is 1. The van der Waals surface area contributed by atoms with Crippen LogP contribution in [0.3, 0.4) is 0 Å². The number of carbonyl (C=O) groups excluding carboxylic acids is 2. The van der Waals surface area contributed by atoms with E-state index in [1.54, 1.807) is 12.0 Å². The Morgan fingerprint density at radius 1 is 1.11 bits per heavy atom. The van der Waals surface area contributed by atoms with E-state index in [0.717, 1.165) is 37.0 Å². The van der Waals surface area contributed by atoms with Crippen LogP contribution in [0.15, 0.2) is 48.5 Å². The molecule has 0 radical (unpaired) electrons. The number of nitrogens with one attached hydrogen (secondary N) is 1. The molecular formula is C22H27N3O3. The average molecular weight is 381 g/mol. The maximum atomic E-state index is 13.4. The second kappa shape index (κ2) is 9.37. The number of rotatable bonds is 6. The topological polar surface area (TPSA) is 61.9 Å². The highest BCUT2D eigenvalue weighted by Crippen LogP contribution is 2.29. The Kier molecular flexibility index (Phi) is 6.66. The first kappa shape index (κ1) is 19.9. The van der Waals surface area contributed by atoms with Gasteiger partial charge in [0.05, 0.1) is 12.8 Å². The zero-order valence-electron chi connectivity index (χ0n) is 16.4. The molecule has 0 aromatic heterocycles. The molecule has 2 amide bonds. The Labute approximate surface area is 166 Å². The quantitative estimate of drug-likeness (QED) is 0.782. The molecule has 0 saturated carbocycles. The van der Waals surface area contributed by atoms with E-state index in [-0.39, 0.29) is 5.91 Å². The number of nitrogens with zero attached hydrogens (tertiary/aromatic N) is 2. The minimum atomic E-state index is -0.432. The van der Waals surface area contributed by atoms with Crippen molar-refractivity contribution in [2.24, 2.45) is 0 Å². The average Bonchev–Trinajstić information content (AvgIpc) is 2.95. The summed E-state index contributed by atoms with van der Waals surface area (Å²) in [5.41, 5.74) is 2.65. The number of amides is 2. The van der Waals surface area contributed by atoms with Crippen LogP contribution in [0, 0.1) is 6.92 Å². The Bertz CT molecular complexity index is 810. The van der Waals surface area contributed by atoms with Crippen molar-refractivity contribution in [2.75, 3.05) is 38.6 Å². The maximum absolute atomic E-state index is 13.4. The van der Waals surface area contributed by atoms with Crippen molar-refractivity contribution < 1.29 is 14.3 Å². The Morgan fingerprint density at radius 2 is 1.89 bits per heavy atom. The molecule has 1 atom stereocenters.